The Kier molecular flexibility index (Phi) is 4.09. The van der Waals surface area contributed by atoms with Crippen molar-refractivity contribution in [2.24, 2.45) is 0 Å². The second-order valence-electron chi connectivity index (χ2n) is 4.83. The third kappa shape index (κ3) is 3.81. The molecule has 0 saturated carbocycles. The molecule has 0 fully saturated rings. The summed E-state index contributed by atoms with van der Waals surface area (Å²) in [6.07, 6.45) is 0. The number of sulfonamides is 1. The molecule has 0 aromatic heterocycles. The lowest BCUT2D eigenvalue weighted by Gasteiger charge is -2.10. The second-order valence-corrected chi connectivity index (χ2v) is 6.55. The second kappa shape index (κ2) is 5.63. The van der Waals surface area contributed by atoms with E-state index in [4.69, 9.17) is 0 Å². The molecule has 0 bridgehead atoms. The molecule has 5 heteroatoms. The van der Waals surface area contributed by atoms with E-state index in [1.807, 2.05) is 19.9 Å². The van der Waals surface area contributed by atoms with Gasteiger partial charge in [-0.15, -0.1) is 0 Å². The van der Waals surface area contributed by atoms with E-state index < -0.39 is 15.8 Å². The first kappa shape index (κ1) is 14.5. The van der Waals surface area contributed by atoms with Crippen LogP contribution >= 0.6 is 0 Å². The number of aryl methyl sites for hydroxylation is 2. The summed E-state index contributed by atoms with van der Waals surface area (Å²) in [5.74, 6) is -0.898. The molecule has 3 nitrogen and oxygen atoms in total. The van der Waals surface area contributed by atoms with Gasteiger partial charge >= 0.3 is 0 Å². The van der Waals surface area contributed by atoms with E-state index in [9.17, 15) is 12.8 Å². The van der Waals surface area contributed by atoms with Crippen molar-refractivity contribution in [3.05, 3.63) is 65.0 Å². The van der Waals surface area contributed by atoms with Gasteiger partial charge in [0.05, 0.1) is 5.75 Å². The van der Waals surface area contributed by atoms with Crippen LogP contribution in [0.3, 0.4) is 0 Å². The number of halogens is 1. The molecule has 0 radical (unpaired) electrons. The van der Waals surface area contributed by atoms with Gasteiger partial charge in [-0.05, 0) is 43.2 Å². The van der Waals surface area contributed by atoms with Gasteiger partial charge in [-0.3, -0.25) is 4.72 Å². The highest BCUT2D eigenvalue weighted by molar-refractivity contribution is 7.91. The quantitative estimate of drug-likeness (QED) is 0.939. The highest BCUT2D eigenvalue weighted by Crippen LogP contribution is 2.17. The minimum Gasteiger partial charge on any atom is -0.283 e. The van der Waals surface area contributed by atoms with Crippen LogP contribution in [0, 0.1) is 19.7 Å². The van der Waals surface area contributed by atoms with E-state index in [1.54, 1.807) is 18.2 Å². The smallest absolute Gasteiger partial charge is 0.237 e. The Morgan fingerprint density at radius 2 is 1.65 bits per heavy atom. The molecule has 106 valence electrons. The summed E-state index contributed by atoms with van der Waals surface area (Å²) < 4.78 is 40.1. The predicted molar refractivity (Wildman–Crippen MR) is 78.6 cm³/mol. The summed E-state index contributed by atoms with van der Waals surface area (Å²) >= 11 is 0. The molecule has 0 aliphatic rings. The van der Waals surface area contributed by atoms with Gasteiger partial charge in [-0.25, -0.2) is 12.8 Å². The van der Waals surface area contributed by atoms with Crippen molar-refractivity contribution >= 4 is 15.7 Å². The molecule has 0 spiro atoms. The zero-order chi connectivity index (χ0) is 14.8. The fourth-order valence-corrected chi connectivity index (χ4v) is 3.26. The molecule has 2 aromatic carbocycles. The number of hydrogen-bond acceptors (Lipinski definition) is 2. The van der Waals surface area contributed by atoms with Gasteiger partial charge in [-0.2, -0.15) is 0 Å². The van der Waals surface area contributed by atoms with Crippen LogP contribution in [-0.4, -0.2) is 8.42 Å². The molecule has 2 rings (SSSR count). The van der Waals surface area contributed by atoms with Crippen molar-refractivity contribution in [3.63, 3.8) is 0 Å². The van der Waals surface area contributed by atoms with Gasteiger partial charge in [0.1, 0.15) is 5.82 Å². The van der Waals surface area contributed by atoms with E-state index in [0.29, 0.717) is 5.69 Å². The van der Waals surface area contributed by atoms with Crippen molar-refractivity contribution in [3.8, 4) is 0 Å². The summed E-state index contributed by atoms with van der Waals surface area (Å²) in [4.78, 5) is 0. The largest absolute Gasteiger partial charge is 0.283 e. The Morgan fingerprint density at radius 1 is 1.05 bits per heavy atom. The van der Waals surface area contributed by atoms with Gasteiger partial charge in [-0.1, -0.05) is 24.3 Å². The third-order valence-electron chi connectivity index (χ3n) is 2.80. The number of anilines is 1. The van der Waals surface area contributed by atoms with Crippen LogP contribution < -0.4 is 4.72 Å². The molecule has 1 N–H and O–H groups in total. The molecule has 0 amide bonds. The first-order chi connectivity index (χ1) is 9.35. The Balaban J connectivity index is 2.21. The lowest BCUT2D eigenvalue weighted by molar-refractivity contribution is 0.591. The third-order valence-corrected chi connectivity index (χ3v) is 4.04. The lowest BCUT2D eigenvalue weighted by Crippen LogP contribution is -2.16. The van der Waals surface area contributed by atoms with Gasteiger partial charge in [0.15, 0.2) is 0 Å². The predicted octanol–water partition coefficient (Wildman–Crippen LogP) is 3.38. The molecule has 0 aliphatic carbocycles. The van der Waals surface area contributed by atoms with E-state index in [-0.39, 0.29) is 11.3 Å². The first-order valence-electron chi connectivity index (χ1n) is 6.18. The molecule has 0 unspecified atom stereocenters. The van der Waals surface area contributed by atoms with E-state index >= 15 is 0 Å². The molecular formula is C15H16FNO2S. The zero-order valence-electron chi connectivity index (χ0n) is 11.4. The van der Waals surface area contributed by atoms with Crippen molar-refractivity contribution in [2.45, 2.75) is 19.6 Å². The van der Waals surface area contributed by atoms with Crippen LogP contribution in [0.4, 0.5) is 10.1 Å². The lowest BCUT2D eigenvalue weighted by atomic mass is 10.1. The topological polar surface area (TPSA) is 46.2 Å². The highest BCUT2D eigenvalue weighted by Gasteiger charge is 2.14. The van der Waals surface area contributed by atoms with Gasteiger partial charge < -0.3 is 0 Å². The summed E-state index contributed by atoms with van der Waals surface area (Å²) in [7, 11) is -3.63. The maximum absolute atomic E-state index is 13.5. The molecule has 0 saturated heterocycles. The summed E-state index contributed by atoms with van der Waals surface area (Å²) in [5.41, 5.74) is 2.59. The minimum atomic E-state index is -3.63. The van der Waals surface area contributed by atoms with Gasteiger partial charge in [0, 0.05) is 11.3 Å². The number of hydrogen-bond donors (Lipinski definition) is 1. The number of nitrogens with one attached hydrogen (secondary N) is 1. The molecule has 0 atom stereocenters. The Bertz CT molecular complexity index is 706. The summed E-state index contributed by atoms with van der Waals surface area (Å²) in [6.45, 7) is 3.78. The molecular weight excluding hydrogens is 277 g/mol. The average Bonchev–Trinajstić information content (AvgIpc) is 2.29. The maximum atomic E-state index is 13.5. The van der Waals surface area contributed by atoms with Crippen molar-refractivity contribution in [1.29, 1.82) is 0 Å². The summed E-state index contributed by atoms with van der Waals surface area (Å²) in [5, 5.41) is 0. The van der Waals surface area contributed by atoms with Crippen LogP contribution in [0.1, 0.15) is 16.7 Å². The highest BCUT2D eigenvalue weighted by atomic mass is 32.2. The average molecular weight is 293 g/mol. The Hall–Kier alpha value is -1.88. The standard InChI is InChI=1S/C15H16FNO2S/c1-11-7-12(2)9-14(8-11)17-20(18,19)10-13-5-3-4-6-15(13)16/h3-9,17H,10H2,1-2H3. The minimum absolute atomic E-state index is 0.157. The molecule has 0 aliphatic heterocycles. The fraction of sp³-hybridized carbons (Fsp3) is 0.200. The number of rotatable bonds is 4. The maximum Gasteiger partial charge on any atom is 0.237 e. The van der Waals surface area contributed by atoms with Crippen molar-refractivity contribution in [2.75, 3.05) is 4.72 Å². The Labute approximate surface area is 118 Å². The van der Waals surface area contributed by atoms with E-state index in [1.165, 1.54) is 18.2 Å². The van der Waals surface area contributed by atoms with Crippen LogP contribution in [0.2, 0.25) is 0 Å². The van der Waals surface area contributed by atoms with E-state index in [2.05, 4.69) is 4.72 Å². The normalized spacial score (nSPS) is 11.3. The van der Waals surface area contributed by atoms with Crippen molar-refractivity contribution < 1.29 is 12.8 Å². The van der Waals surface area contributed by atoms with Crippen molar-refractivity contribution in [1.82, 2.24) is 0 Å². The monoisotopic (exact) mass is 293 g/mol. The summed E-state index contributed by atoms with van der Waals surface area (Å²) in [6, 6.07) is 11.3. The SMILES string of the molecule is Cc1cc(C)cc(NS(=O)(=O)Cc2ccccc2F)c1. The van der Waals surface area contributed by atoms with Crippen LogP contribution in [0.25, 0.3) is 0 Å². The van der Waals surface area contributed by atoms with E-state index in [0.717, 1.165) is 11.1 Å². The fourth-order valence-electron chi connectivity index (χ4n) is 2.07. The number of benzene rings is 2. The van der Waals surface area contributed by atoms with Gasteiger partial charge in [0.25, 0.3) is 0 Å². The van der Waals surface area contributed by atoms with Crippen LogP contribution in [-0.2, 0) is 15.8 Å². The molecule has 2 aromatic rings. The van der Waals surface area contributed by atoms with Gasteiger partial charge in [0.2, 0.25) is 10.0 Å². The first-order valence-corrected chi connectivity index (χ1v) is 7.83. The van der Waals surface area contributed by atoms with Crippen LogP contribution in [0.5, 0.6) is 0 Å². The molecule has 20 heavy (non-hydrogen) atoms. The Morgan fingerprint density at radius 3 is 2.25 bits per heavy atom. The molecule has 0 heterocycles. The van der Waals surface area contributed by atoms with Crippen LogP contribution in [0.15, 0.2) is 42.5 Å². The zero-order valence-corrected chi connectivity index (χ0v) is 12.2.